The molecule has 2 N–H and O–H groups in total. The Balaban J connectivity index is 2.05. The number of phosphoric ester groups is 1. The lowest BCUT2D eigenvalue weighted by atomic mass is 10.0. The highest BCUT2D eigenvalue weighted by Gasteiger charge is 2.27. The molecule has 0 spiro atoms. The number of phosphoric acid groups is 1. The lowest BCUT2D eigenvalue weighted by molar-refractivity contribution is -0.870. The topological polar surface area (TPSA) is 103 Å². The van der Waals surface area contributed by atoms with Crippen molar-refractivity contribution < 1.29 is 37.3 Å². The molecule has 340 valence electrons. The maximum absolute atomic E-state index is 12.7. The molecule has 1 aromatic rings. The van der Waals surface area contributed by atoms with Crippen LogP contribution in [-0.4, -0.2) is 82.0 Å². The number of carbonyl (C=O) groups excluding carboxylic acids is 1. The average Bonchev–Trinajstić information content (AvgIpc) is 3.19. The molecule has 0 aliphatic carbocycles. The van der Waals surface area contributed by atoms with Crippen molar-refractivity contribution in [3.8, 4) is 0 Å². The van der Waals surface area contributed by atoms with Gasteiger partial charge in [0, 0.05) is 19.6 Å². The highest BCUT2D eigenvalue weighted by atomic mass is 31.2. The summed E-state index contributed by atoms with van der Waals surface area (Å²) in [6.45, 7) is 5.68. The van der Waals surface area contributed by atoms with Crippen molar-refractivity contribution in [2.45, 2.75) is 206 Å². The van der Waals surface area contributed by atoms with Gasteiger partial charge >= 0.3 is 13.8 Å². The molecular formula is C48H92N2O7P+. The number of hydrogen-bond acceptors (Lipinski definition) is 7. The third-order valence-corrected chi connectivity index (χ3v) is 11.9. The van der Waals surface area contributed by atoms with Gasteiger partial charge in [0.05, 0.1) is 27.7 Å². The van der Waals surface area contributed by atoms with Crippen LogP contribution in [0.5, 0.6) is 0 Å². The predicted octanol–water partition coefficient (Wildman–Crippen LogP) is 12.9. The van der Waals surface area contributed by atoms with Crippen LogP contribution in [0.1, 0.15) is 199 Å². The summed E-state index contributed by atoms with van der Waals surface area (Å²) < 4.78 is 35.6. The lowest BCUT2D eigenvalue weighted by Gasteiger charge is -2.25. The van der Waals surface area contributed by atoms with E-state index in [9.17, 15) is 14.3 Å². The molecular weight excluding hydrogens is 748 g/mol. The number of esters is 1. The molecule has 0 radical (unpaired) electrons. The smallest absolute Gasteiger partial charge is 0.461 e. The van der Waals surface area contributed by atoms with Gasteiger partial charge in [-0.2, -0.15) is 0 Å². The summed E-state index contributed by atoms with van der Waals surface area (Å²) in [5.74, 6) is -0.0871. The molecule has 0 bridgehead atoms. The SMILES string of the molecule is CCCCCCCCCCCCCCCCOCC(CNCCCCCCCCCCCCCCCCC(=O)OCc1ccccc1)OP(=O)(O)OCC[N+](C)(C)C. The first-order chi connectivity index (χ1) is 28.1. The molecule has 0 aliphatic heterocycles. The molecule has 0 aliphatic rings. The van der Waals surface area contributed by atoms with E-state index in [4.69, 9.17) is 18.5 Å². The second kappa shape index (κ2) is 38.6. The van der Waals surface area contributed by atoms with Crippen LogP contribution >= 0.6 is 7.82 Å². The summed E-state index contributed by atoms with van der Waals surface area (Å²) in [4.78, 5) is 22.4. The molecule has 1 rings (SSSR count). The monoisotopic (exact) mass is 840 g/mol. The Labute approximate surface area is 357 Å². The number of unbranched alkanes of at least 4 members (excludes halogenated alkanes) is 26. The number of ether oxygens (including phenoxy) is 2. The molecule has 9 nitrogen and oxygen atoms in total. The molecule has 0 aromatic heterocycles. The van der Waals surface area contributed by atoms with E-state index in [1.807, 2.05) is 51.5 Å². The van der Waals surface area contributed by atoms with E-state index in [2.05, 4.69) is 12.2 Å². The van der Waals surface area contributed by atoms with Crippen LogP contribution in [-0.2, 0) is 34.5 Å². The molecule has 0 heterocycles. The Morgan fingerprint density at radius 2 is 1.12 bits per heavy atom. The highest BCUT2D eigenvalue weighted by molar-refractivity contribution is 7.47. The minimum atomic E-state index is -4.18. The van der Waals surface area contributed by atoms with Crippen LogP contribution < -0.4 is 5.32 Å². The fraction of sp³-hybridized carbons (Fsp3) is 0.854. The number of benzene rings is 1. The quantitative estimate of drug-likeness (QED) is 0.0290. The molecule has 0 saturated heterocycles. The molecule has 0 fully saturated rings. The van der Waals surface area contributed by atoms with Gasteiger partial charge in [-0.1, -0.05) is 198 Å². The zero-order valence-corrected chi connectivity index (χ0v) is 39.1. The van der Waals surface area contributed by atoms with Crippen molar-refractivity contribution in [2.24, 2.45) is 0 Å². The Hall–Kier alpha value is -1.32. The van der Waals surface area contributed by atoms with Gasteiger partial charge in [0.1, 0.15) is 25.9 Å². The lowest BCUT2D eigenvalue weighted by Crippen LogP contribution is -2.37. The Morgan fingerprint density at radius 1 is 0.655 bits per heavy atom. The predicted molar refractivity (Wildman–Crippen MR) is 243 cm³/mol. The summed E-state index contributed by atoms with van der Waals surface area (Å²) in [6.07, 6.45) is 35.7. The van der Waals surface area contributed by atoms with Gasteiger partial charge in [-0.25, -0.2) is 4.57 Å². The first kappa shape index (κ1) is 54.7. The minimum Gasteiger partial charge on any atom is -0.461 e. The summed E-state index contributed by atoms with van der Waals surface area (Å²) in [5, 5.41) is 3.44. The fourth-order valence-corrected chi connectivity index (χ4v) is 7.99. The molecule has 10 heteroatoms. The number of hydrogen-bond donors (Lipinski definition) is 2. The van der Waals surface area contributed by atoms with E-state index in [1.54, 1.807) is 0 Å². The Kier molecular flexibility index (Phi) is 36.4. The molecule has 0 amide bonds. The van der Waals surface area contributed by atoms with Crippen molar-refractivity contribution in [2.75, 3.05) is 60.6 Å². The van der Waals surface area contributed by atoms with Crippen molar-refractivity contribution in [1.82, 2.24) is 5.32 Å². The van der Waals surface area contributed by atoms with E-state index in [0.717, 1.165) is 44.2 Å². The largest absolute Gasteiger partial charge is 0.472 e. The van der Waals surface area contributed by atoms with E-state index < -0.39 is 13.9 Å². The molecule has 58 heavy (non-hydrogen) atoms. The molecule has 2 atom stereocenters. The highest BCUT2D eigenvalue weighted by Crippen LogP contribution is 2.44. The number of likely N-dealkylation sites (N-methyl/N-ethyl adjacent to an activating group) is 1. The normalized spacial score (nSPS) is 13.5. The first-order valence-corrected chi connectivity index (χ1v) is 25.5. The Morgan fingerprint density at radius 3 is 1.62 bits per heavy atom. The third kappa shape index (κ3) is 38.9. The number of carbonyl (C=O) groups is 1. The summed E-state index contributed by atoms with van der Waals surface area (Å²) in [5.41, 5.74) is 1.04. The second-order valence-corrected chi connectivity index (χ2v) is 19.2. The van der Waals surface area contributed by atoms with Crippen LogP contribution in [0.15, 0.2) is 30.3 Å². The number of nitrogens with zero attached hydrogens (tertiary/aromatic N) is 1. The van der Waals surface area contributed by atoms with E-state index in [-0.39, 0.29) is 19.2 Å². The van der Waals surface area contributed by atoms with Gasteiger partial charge in [-0.05, 0) is 31.4 Å². The van der Waals surface area contributed by atoms with Crippen LogP contribution in [0.25, 0.3) is 0 Å². The summed E-state index contributed by atoms with van der Waals surface area (Å²) >= 11 is 0. The van der Waals surface area contributed by atoms with Crippen molar-refractivity contribution in [3.05, 3.63) is 35.9 Å². The van der Waals surface area contributed by atoms with Crippen LogP contribution in [0.3, 0.4) is 0 Å². The zero-order valence-electron chi connectivity index (χ0n) is 38.2. The van der Waals surface area contributed by atoms with Crippen LogP contribution in [0, 0.1) is 0 Å². The van der Waals surface area contributed by atoms with Gasteiger partial charge in [0.15, 0.2) is 0 Å². The molecule has 2 unspecified atom stereocenters. The zero-order chi connectivity index (χ0) is 42.3. The van der Waals surface area contributed by atoms with Gasteiger partial charge in [0.25, 0.3) is 0 Å². The fourth-order valence-electron chi connectivity index (χ4n) is 7.10. The third-order valence-electron chi connectivity index (χ3n) is 10.8. The molecule has 1 aromatic carbocycles. The minimum absolute atomic E-state index is 0.0871. The molecule has 0 saturated carbocycles. The number of rotatable bonds is 44. The second-order valence-electron chi connectivity index (χ2n) is 17.8. The number of nitrogens with one attached hydrogen (secondary N) is 1. The summed E-state index contributed by atoms with van der Waals surface area (Å²) in [6, 6.07) is 9.86. The summed E-state index contributed by atoms with van der Waals surface area (Å²) in [7, 11) is 1.89. The first-order valence-electron chi connectivity index (χ1n) is 24.1. The van der Waals surface area contributed by atoms with Gasteiger partial charge in [-0.15, -0.1) is 0 Å². The average molecular weight is 840 g/mol. The van der Waals surface area contributed by atoms with Crippen molar-refractivity contribution in [1.29, 1.82) is 0 Å². The number of quaternary nitrogens is 1. The van der Waals surface area contributed by atoms with Gasteiger partial charge in [-0.3, -0.25) is 13.8 Å². The van der Waals surface area contributed by atoms with Crippen molar-refractivity contribution in [3.63, 3.8) is 0 Å². The van der Waals surface area contributed by atoms with Crippen LogP contribution in [0.2, 0.25) is 0 Å². The van der Waals surface area contributed by atoms with Gasteiger partial charge < -0.3 is 24.2 Å². The van der Waals surface area contributed by atoms with E-state index >= 15 is 0 Å². The van der Waals surface area contributed by atoms with Crippen molar-refractivity contribution >= 4 is 13.8 Å². The van der Waals surface area contributed by atoms with E-state index in [1.165, 1.54) is 148 Å². The maximum Gasteiger partial charge on any atom is 0.472 e. The standard InChI is InChI=1S/C48H91N2O7P/c1-5-6-7-8-9-10-11-12-17-20-23-26-29-35-41-54-45-47(57-58(52,53)56-42-40-50(2,3)4)43-49-39-34-28-25-22-19-16-14-13-15-18-21-24-27-33-38-48(51)55-44-46-36-31-30-32-37-46/h30-32,36-37,47,49H,5-29,33-35,38-45H2,1-4H3/p+1. The van der Waals surface area contributed by atoms with Crippen LogP contribution in [0.4, 0.5) is 0 Å². The maximum atomic E-state index is 12.7. The van der Waals surface area contributed by atoms with Gasteiger partial charge in [0.2, 0.25) is 0 Å². The Bertz CT molecular complexity index is 1090. The van der Waals surface area contributed by atoms with E-state index in [0.29, 0.717) is 37.2 Å².